The second kappa shape index (κ2) is 3.95. The summed E-state index contributed by atoms with van der Waals surface area (Å²) < 4.78 is 10.7. The summed E-state index contributed by atoms with van der Waals surface area (Å²) in [5, 5.41) is 13.6. The Balaban J connectivity index is 2.33. The smallest absolute Gasteiger partial charge is 0.239 e. The van der Waals surface area contributed by atoms with Gasteiger partial charge in [0.05, 0.1) is 7.11 Å². The second-order valence-electron chi connectivity index (χ2n) is 3.54. The predicted molar refractivity (Wildman–Crippen MR) is 62.2 cm³/mol. The Morgan fingerprint density at radius 3 is 3.00 bits per heavy atom. The number of hydrogen-bond acceptors (Lipinski definition) is 6. The Hall–Kier alpha value is -2.70. The number of hydrogen-bond donors (Lipinski definition) is 1. The molecule has 0 aliphatic heterocycles. The van der Waals surface area contributed by atoms with E-state index in [2.05, 4.69) is 20.6 Å². The van der Waals surface area contributed by atoms with Crippen LogP contribution in [0.1, 0.15) is 0 Å². The Morgan fingerprint density at radius 2 is 2.28 bits per heavy atom. The Kier molecular flexibility index (Phi) is 2.30. The van der Waals surface area contributed by atoms with E-state index in [4.69, 9.17) is 9.15 Å². The van der Waals surface area contributed by atoms with Crippen molar-refractivity contribution in [3.05, 3.63) is 34.5 Å². The SMILES string of the molecule is COc1cccc2oc(-c3nn[nH]n3)cc(=O)c12. The number of fused-ring (bicyclic) bond motifs is 1. The summed E-state index contributed by atoms with van der Waals surface area (Å²) in [6.07, 6.45) is 0. The number of rotatable bonds is 2. The minimum atomic E-state index is -0.214. The van der Waals surface area contributed by atoms with Gasteiger partial charge in [0.25, 0.3) is 0 Å². The molecule has 0 saturated heterocycles. The minimum absolute atomic E-state index is 0.214. The number of aromatic nitrogens is 4. The summed E-state index contributed by atoms with van der Waals surface area (Å²) in [4.78, 5) is 12.0. The molecule has 0 radical (unpaired) electrons. The van der Waals surface area contributed by atoms with Gasteiger partial charge in [0, 0.05) is 6.07 Å². The van der Waals surface area contributed by atoms with Crippen LogP contribution in [0.4, 0.5) is 0 Å². The molecule has 18 heavy (non-hydrogen) atoms. The third-order valence-corrected chi connectivity index (χ3v) is 2.50. The molecule has 1 N–H and O–H groups in total. The largest absolute Gasteiger partial charge is 0.496 e. The van der Waals surface area contributed by atoms with Crippen LogP contribution in [0, 0.1) is 0 Å². The van der Waals surface area contributed by atoms with Gasteiger partial charge in [0.2, 0.25) is 5.82 Å². The molecule has 0 atom stereocenters. The molecular formula is C11H8N4O3. The van der Waals surface area contributed by atoms with Crippen LogP contribution in [0.3, 0.4) is 0 Å². The Bertz CT molecular complexity index is 749. The van der Waals surface area contributed by atoms with Gasteiger partial charge in [-0.1, -0.05) is 6.07 Å². The standard InChI is InChI=1S/C11H8N4O3/c1-17-7-3-2-4-8-10(7)6(16)5-9(18-8)11-12-14-15-13-11/h2-5H,1H3,(H,12,13,14,15). The lowest BCUT2D eigenvalue weighted by Crippen LogP contribution is -2.03. The van der Waals surface area contributed by atoms with E-state index >= 15 is 0 Å². The molecule has 7 nitrogen and oxygen atoms in total. The molecule has 0 fully saturated rings. The van der Waals surface area contributed by atoms with E-state index in [-0.39, 0.29) is 17.0 Å². The first-order valence-corrected chi connectivity index (χ1v) is 5.14. The topological polar surface area (TPSA) is 93.9 Å². The number of H-pyrrole nitrogens is 1. The lowest BCUT2D eigenvalue weighted by atomic mass is 10.2. The van der Waals surface area contributed by atoms with Gasteiger partial charge in [0.1, 0.15) is 16.7 Å². The number of nitrogens with one attached hydrogen (secondary N) is 1. The van der Waals surface area contributed by atoms with E-state index in [1.165, 1.54) is 13.2 Å². The third kappa shape index (κ3) is 1.53. The number of aromatic amines is 1. The quantitative estimate of drug-likeness (QED) is 0.722. The normalized spacial score (nSPS) is 10.7. The average Bonchev–Trinajstić information content (AvgIpc) is 2.91. The van der Waals surface area contributed by atoms with Crippen LogP contribution in [-0.2, 0) is 0 Å². The molecule has 3 aromatic rings. The van der Waals surface area contributed by atoms with Gasteiger partial charge in [-0.15, -0.1) is 10.2 Å². The highest BCUT2D eigenvalue weighted by molar-refractivity contribution is 5.84. The second-order valence-corrected chi connectivity index (χ2v) is 3.54. The van der Waals surface area contributed by atoms with Gasteiger partial charge in [0.15, 0.2) is 11.2 Å². The van der Waals surface area contributed by atoms with Crippen molar-refractivity contribution in [2.75, 3.05) is 7.11 Å². The van der Waals surface area contributed by atoms with Gasteiger partial charge in [-0.05, 0) is 17.3 Å². The molecule has 3 rings (SSSR count). The third-order valence-electron chi connectivity index (χ3n) is 2.50. The van der Waals surface area contributed by atoms with Crippen LogP contribution < -0.4 is 10.2 Å². The first-order valence-electron chi connectivity index (χ1n) is 5.14. The van der Waals surface area contributed by atoms with Crippen LogP contribution in [0.15, 0.2) is 33.5 Å². The highest BCUT2D eigenvalue weighted by atomic mass is 16.5. The molecular weight excluding hydrogens is 236 g/mol. The number of methoxy groups -OCH3 is 1. The van der Waals surface area contributed by atoms with E-state index in [0.29, 0.717) is 16.7 Å². The lowest BCUT2D eigenvalue weighted by Gasteiger charge is -2.04. The summed E-state index contributed by atoms with van der Waals surface area (Å²) in [6.45, 7) is 0. The molecule has 0 bridgehead atoms. The van der Waals surface area contributed by atoms with Crippen molar-refractivity contribution in [3.63, 3.8) is 0 Å². The fraction of sp³-hybridized carbons (Fsp3) is 0.0909. The van der Waals surface area contributed by atoms with E-state index in [9.17, 15) is 4.79 Å². The number of ether oxygens (including phenoxy) is 1. The number of benzene rings is 1. The van der Waals surface area contributed by atoms with E-state index in [0.717, 1.165) is 0 Å². The highest BCUT2D eigenvalue weighted by Crippen LogP contribution is 2.25. The fourth-order valence-corrected chi connectivity index (χ4v) is 1.72. The molecule has 0 saturated carbocycles. The molecule has 0 aliphatic carbocycles. The van der Waals surface area contributed by atoms with Crippen molar-refractivity contribution in [2.45, 2.75) is 0 Å². The zero-order valence-electron chi connectivity index (χ0n) is 9.38. The van der Waals surface area contributed by atoms with E-state index in [1.54, 1.807) is 18.2 Å². The molecule has 2 heterocycles. The van der Waals surface area contributed by atoms with Gasteiger partial charge in [-0.3, -0.25) is 4.79 Å². The highest BCUT2D eigenvalue weighted by Gasteiger charge is 2.12. The van der Waals surface area contributed by atoms with Crippen molar-refractivity contribution in [1.29, 1.82) is 0 Å². The van der Waals surface area contributed by atoms with Crippen LogP contribution in [-0.4, -0.2) is 27.7 Å². The minimum Gasteiger partial charge on any atom is -0.496 e. The van der Waals surface area contributed by atoms with Crippen LogP contribution in [0.25, 0.3) is 22.6 Å². The summed E-state index contributed by atoms with van der Waals surface area (Å²) in [5.41, 5.74) is 0.204. The Labute approximate surface area is 100 Å². The van der Waals surface area contributed by atoms with Crippen LogP contribution in [0.5, 0.6) is 5.75 Å². The summed E-state index contributed by atoms with van der Waals surface area (Å²) in [5.74, 6) is 0.965. The van der Waals surface area contributed by atoms with E-state index in [1.807, 2.05) is 0 Å². The van der Waals surface area contributed by atoms with Crippen molar-refractivity contribution < 1.29 is 9.15 Å². The maximum absolute atomic E-state index is 12.0. The summed E-state index contributed by atoms with van der Waals surface area (Å²) in [7, 11) is 1.50. The van der Waals surface area contributed by atoms with Gasteiger partial charge in [-0.25, -0.2) is 0 Å². The fourth-order valence-electron chi connectivity index (χ4n) is 1.72. The zero-order valence-corrected chi connectivity index (χ0v) is 9.38. The maximum Gasteiger partial charge on any atom is 0.239 e. The first kappa shape index (κ1) is 10.5. The molecule has 0 spiro atoms. The van der Waals surface area contributed by atoms with Crippen molar-refractivity contribution in [2.24, 2.45) is 0 Å². The molecule has 0 unspecified atom stereocenters. The molecule has 2 aromatic heterocycles. The molecule has 0 amide bonds. The van der Waals surface area contributed by atoms with Gasteiger partial charge < -0.3 is 9.15 Å². The lowest BCUT2D eigenvalue weighted by molar-refractivity contribution is 0.418. The molecule has 0 aliphatic rings. The van der Waals surface area contributed by atoms with Gasteiger partial charge >= 0.3 is 0 Å². The summed E-state index contributed by atoms with van der Waals surface area (Å²) in [6, 6.07) is 6.44. The number of nitrogens with zero attached hydrogens (tertiary/aromatic N) is 3. The monoisotopic (exact) mass is 244 g/mol. The van der Waals surface area contributed by atoms with Crippen molar-refractivity contribution in [1.82, 2.24) is 20.6 Å². The molecule has 90 valence electrons. The summed E-state index contributed by atoms with van der Waals surface area (Å²) >= 11 is 0. The van der Waals surface area contributed by atoms with Crippen LogP contribution >= 0.6 is 0 Å². The average molecular weight is 244 g/mol. The molecule has 1 aromatic carbocycles. The van der Waals surface area contributed by atoms with Crippen LogP contribution in [0.2, 0.25) is 0 Å². The zero-order chi connectivity index (χ0) is 12.5. The maximum atomic E-state index is 12.0. The van der Waals surface area contributed by atoms with Crippen molar-refractivity contribution >= 4 is 11.0 Å². The van der Waals surface area contributed by atoms with Gasteiger partial charge in [-0.2, -0.15) is 5.21 Å². The predicted octanol–water partition coefficient (Wildman–Crippen LogP) is 0.982. The molecule has 7 heteroatoms. The van der Waals surface area contributed by atoms with E-state index < -0.39 is 0 Å². The van der Waals surface area contributed by atoms with Crippen molar-refractivity contribution in [3.8, 4) is 17.3 Å². The number of tetrazole rings is 1. The first-order chi connectivity index (χ1) is 8.79. The Morgan fingerprint density at radius 1 is 1.39 bits per heavy atom.